The van der Waals surface area contributed by atoms with E-state index in [4.69, 9.17) is 39.2 Å². The number of aliphatic hydroxyl groups excluding tert-OH is 1. The summed E-state index contributed by atoms with van der Waals surface area (Å²) in [4.78, 5) is 0. The van der Waals surface area contributed by atoms with E-state index in [0.717, 1.165) is 0 Å². The monoisotopic (exact) mass is 276 g/mol. The summed E-state index contributed by atoms with van der Waals surface area (Å²) in [5.41, 5.74) is 0.525. The molecule has 0 saturated carbocycles. The second-order valence-electron chi connectivity index (χ2n) is 3.21. The van der Waals surface area contributed by atoms with Gasteiger partial charge in [0.2, 0.25) is 0 Å². The third kappa shape index (κ3) is 2.36. The maximum absolute atomic E-state index is 10.00. The van der Waals surface area contributed by atoms with Crippen molar-refractivity contribution < 1.29 is 9.52 Å². The van der Waals surface area contributed by atoms with Crippen molar-refractivity contribution in [3.05, 3.63) is 56.9 Å². The molecule has 0 aliphatic heterocycles. The smallest absolute Gasteiger partial charge is 0.193 e. The Balaban J connectivity index is 2.37. The van der Waals surface area contributed by atoms with Crippen LogP contribution < -0.4 is 0 Å². The molecular formula is C11H7Cl3O2. The number of hydrogen-bond donors (Lipinski definition) is 1. The van der Waals surface area contributed by atoms with Crippen LogP contribution >= 0.6 is 34.8 Å². The van der Waals surface area contributed by atoms with Gasteiger partial charge in [0.15, 0.2) is 5.22 Å². The van der Waals surface area contributed by atoms with E-state index in [1.54, 1.807) is 30.3 Å². The summed E-state index contributed by atoms with van der Waals surface area (Å²) < 4.78 is 5.11. The fourth-order valence-corrected chi connectivity index (χ4v) is 2.02. The zero-order chi connectivity index (χ0) is 11.7. The number of halogens is 3. The standard InChI is InChI=1S/C11H7Cl3O2/c12-6-1-2-7(8(13)5-6)11(15)9-3-4-10(14)16-9/h1-5,11,15H. The molecule has 0 radical (unpaired) electrons. The molecule has 0 aliphatic rings. The summed E-state index contributed by atoms with van der Waals surface area (Å²) >= 11 is 17.3. The van der Waals surface area contributed by atoms with Crippen molar-refractivity contribution in [2.45, 2.75) is 6.10 Å². The molecule has 1 aromatic carbocycles. The molecular weight excluding hydrogens is 270 g/mol. The average Bonchev–Trinajstić information content (AvgIpc) is 2.64. The van der Waals surface area contributed by atoms with E-state index < -0.39 is 6.10 Å². The quantitative estimate of drug-likeness (QED) is 0.887. The van der Waals surface area contributed by atoms with E-state index >= 15 is 0 Å². The number of aliphatic hydroxyl groups is 1. The van der Waals surface area contributed by atoms with Gasteiger partial charge in [-0.1, -0.05) is 29.3 Å². The molecule has 2 aromatic rings. The van der Waals surface area contributed by atoms with Crippen LogP contribution in [0.5, 0.6) is 0 Å². The Hall–Kier alpha value is -0.670. The molecule has 16 heavy (non-hydrogen) atoms. The maximum atomic E-state index is 10.00. The predicted molar refractivity (Wildman–Crippen MR) is 64.2 cm³/mol. The zero-order valence-electron chi connectivity index (χ0n) is 7.95. The van der Waals surface area contributed by atoms with E-state index in [2.05, 4.69) is 0 Å². The minimum Gasteiger partial charge on any atom is -0.447 e. The summed E-state index contributed by atoms with van der Waals surface area (Å²) in [7, 11) is 0. The summed E-state index contributed by atoms with van der Waals surface area (Å²) in [6, 6.07) is 8.01. The highest BCUT2D eigenvalue weighted by atomic mass is 35.5. The van der Waals surface area contributed by atoms with Crippen LogP contribution in [0, 0.1) is 0 Å². The lowest BCUT2D eigenvalue weighted by Gasteiger charge is -2.10. The van der Waals surface area contributed by atoms with Gasteiger partial charge in [-0.15, -0.1) is 0 Å². The van der Waals surface area contributed by atoms with Gasteiger partial charge < -0.3 is 9.52 Å². The van der Waals surface area contributed by atoms with Crippen LogP contribution in [-0.2, 0) is 0 Å². The molecule has 1 N–H and O–H groups in total. The molecule has 1 aromatic heterocycles. The Morgan fingerprint density at radius 3 is 2.38 bits per heavy atom. The molecule has 0 aliphatic carbocycles. The molecule has 84 valence electrons. The number of rotatable bonds is 2. The lowest BCUT2D eigenvalue weighted by Crippen LogP contribution is -1.98. The predicted octanol–water partition coefficient (Wildman–Crippen LogP) is 4.32. The molecule has 2 nitrogen and oxygen atoms in total. The van der Waals surface area contributed by atoms with Crippen molar-refractivity contribution in [3.8, 4) is 0 Å². The molecule has 2 rings (SSSR count). The van der Waals surface area contributed by atoms with Gasteiger partial charge in [0.1, 0.15) is 11.9 Å². The second-order valence-corrected chi connectivity index (χ2v) is 4.43. The van der Waals surface area contributed by atoms with Crippen molar-refractivity contribution >= 4 is 34.8 Å². The summed E-state index contributed by atoms with van der Waals surface area (Å²) in [5.74, 6) is 0.342. The van der Waals surface area contributed by atoms with Gasteiger partial charge in [-0.2, -0.15) is 0 Å². The third-order valence-electron chi connectivity index (χ3n) is 2.12. The van der Waals surface area contributed by atoms with Crippen molar-refractivity contribution in [2.75, 3.05) is 0 Å². The Labute approximate surface area is 107 Å². The van der Waals surface area contributed by atoms with Crippen molar-refractivity contribution in [1.82, 2.24) is 0 Å². The topological polar surface area (TPSA) is 33.4 Å². The molecule has 1 heterocycles. The average molecular weight is 278 g/mol. The van der Waals surface area contributed by atoms with Gasteiger partial charge in [0, 0.05) is 15.6 Å². The summed E-state index contributed by atoms with van der Waals surface area (Å²) in [5, 5.41) is 11.1. The fourth-order valence-electron chi connectivity index (χ4n) is 1.35. The molecule has 0 fully saturated rings. The number of hydrogen-bond acceptors (Lipinski definition) is 2. The van der Waals surface area contributed by atoms with Crippen LogP contribution in [0.15, 0.2) is 34.7 Å². The van der Waals surface area contributed by atoms with Gasteiger partial charge in [-0.3, -0.25) is 0 Å². The van der Waals surface area contributed by atoms with E-state index in [1.807, 2.05) is 0 Å². The van der Waals surface area contributed by atoms with Crippen molar-refractivity contribution in [1.29, 1.82) is 0 Å². The van der Waals surface area contributed by atoms with Gasteiger partial charge in [-0.25, -0.2) is 0 Å². The first-order chi connectivity index (χ1) is 7.58. The lowest BCUT2D eigenvalue weighted by atomic mass is 10.1. The summed E-state index contributed by atoms with van der Waals surface area (Å²) in [6.45, 7) is 0. The SMILES string of the molecule is OC(c1ccc(Cl)o1)c1ccc(Cl)cc1Cl. The zero-order valence-corrected chi connectivity index (χ0v) is 10.2. The van der Waals surface area contributed by atoms with Gasteiger partial charge in [0.25, 0.3) is 0 Å². The van der Waals surface area contributed by atoms with E-state index in [1.165, 1.54) is 0 Å². The molecule has 0 bridgehead atoms. The van der Waals surface area contributed by atoms with Crippen LogP contribution in [-0.4, -0.2) is 5.11 Å². The van der Waals surface area contributed by atoms with Crippen molar-refractivity contribution in [2.24, 2.45) is 0 Å². The van der Waals surface area contributed by atoms with Crippen LogP contribution in [0.2, 0.25) is 15.3 Å². The second kappa shape index (κ2) is 4.68. The van der Waals surface area contributed by atoms with Gasteiger partial charge in [-0.05, 0) is 35.9 Å². The maximum Gasteiger partial charge on any atom is 0.193 e. The first-order valence-electron chi connectivity index (χ1n) is 4.46. The molecule has 5 heteroatoms. The molecule has 0 spiro atoms. The first-order valence-corrected chi connectivity index (χ1v) is 5.59. The number of benzene rings is 1. The minimum atomic E-state index is -0.947. The molecule has 0 saturated heterocycles. The molecule has 1 atom stereocenters. The normalized spacial score (nSPS) is 12.8. The third-order valence-corrected chi connectivity index (χ3v) is 2.89. The number of furan rings is 1. The van der Waals surface area contributed by atoms with Crippen LogP contribution in [0.4, 0.5) is 0 Å². The highest BCUT2D eigenvalue weighted by Crippen LogP contribution is 2.31. The van der Waals surface area contributed by atoms with Crippen LogP contribution in [0.1, 0.15) is 17.4 Å². The lowest BCUT2D eigenvalue weighted by molar-refractivity contribution is 0.189. The van der Waals surface area contributed by atoms with Crippen LogP contribution in [0.3, 0.4) is 0 Å². The van der Waals surface area contributed by atoms with E-state index in [0.29, 0.717) is 21.4 Å². The Morgan fingerprint density at radius 2 is 1.81 bits per heavy atom. The fraction of sp³-hybridized carbons (Fsp3) is 0.0909. The Bertz CT molecular complexity index is 508. The van der Waals surface area contributed by atoms with Gasteiger partial charge in [0.05, 0.1) is 0 Å². The first kappa shape index (κ1) is 11.8. The highest BCUT2D eigenvalue weighted by molar-refractivity contribution is 6.35. The molecule has 0 amide bonds. The largest absolute Gasteiger partial charge is 0.447 e. The molecule has 1 unspecified atom stereocenters. The minimum absolute atomic E-state index is 0.221. The van der Waals surface area contributed by atoms with E-state index in [9.17, 15) is 5.11 Å². The van der Waals surface area contributed by atoms with Crippen LogP contribution in [0.25, 0.3) is 0 Å². The highest BCUT2D eigenvalue weighted by Gasteiger charge is 2.17. The van der Waals surface area contributed by atoms with E-state index in [-0.39, 0.29) is 5.22 Å². The van der Waals surface area contributed by atoms with Gasteiger partial charge >= 0.3 is 0 Å². The Kier molecular flexibility index (Phi) is 3.45. The summed E-state index contributed by atoms with van der Waals surface area (Å²) in [6.07, 6.45) is -0.947. The van der Waals surface area contributed by atoms with Crippen molar-refractivity contribution in [3.63, 3.8) is 0 Å². The Morgan fingerprint density at radius 1 is 1.06 bits per heavy atom.